The fraction of sp³-hybridized carbons (Fsp3) is 0.467. The number of hydrogen-bond acceptors (Lipinski definition) is 7. The predicted octanol–water partition coefficient (Wildman–Crippen LogP) is 1.86. The van der Waals surface area contributed by atoms with Gasteiger partial charge in [-0.05, 0) is 6.07 Å². The largest absolute Gasteiger partial charge is 0.481 e. The summed E-state index contributed by atoms with van der Waals surface area (Å²) in [5, 5.41) is 3.79. The number of nitrogens with one attached hydrogen (secondary N) is 1. The van der Waals surface area contributed by atoms with Gasteiger partial charge >= 0.3 is 6.03 Å². The van der Waals surface area contributed by atoms with Crippen molar-refractivity contribution in [3.05, 3.63) is 24.2 Å². The molecule has 0 radical (unpaired) electrons. The summed E-state index contributed by atoms with van der Waals surface area (Å²) in [6, 6.07) is 3.37. The maximum absolute atomic E-state index is 12.3. The van der Waals surface area contributed by atoms with Crippen LogP contribution in [0.2, 0.25) is 0 Å². The smallest absolute Gasteiger partial charge is 0.322 e. The second-order valence-corrected chi connectivity index (χ2v) is 6.07. The quantitative estimate of drug-likeness (QED) is 0.908. The van der Waals surface area contributed by atoms with Crippen molar-refractivity contribution in [2.24, 2.45) is 0 Å². The Bertz CT molecular complexity index is 682. The zero-order valence-electron chi connectivity index (χ0n) is 13.7. The zero-order valence-corrected chi connectivity index (χ0v) is 14.5. The summed E-state index contributed by atoms with van der Waals surface area (Å²) in [6.45, 7) is 4.86. The average Bonchev–Trinajstić information content (AvgIpc) is 3.11. The molecule has 1 N–H and O–H groups in total. The van der Waals surface area contributed by atoms with E-state index in [9.17, 15) is 4.79 Å². The maximum Gasteiger partial charge on any atom is 0.322 e. The first-order valence-electron chi connectivity index (χ1n) is 7.83. The van der Waals surface area contributed by atoms with Crippen molar-refractivity contribution >= 4 is 28.4 Å². The van der Waals surface area contributed by atoms with Gasteiger partial charge in [0, 0.05) is 50.2 Å². The molecular weight excluding hydrogens is 328 g/mol. The molecule has 24 heavy (non-hydrogen) atoms. The molecular formula is C15H20N6O2S. The van der Waals surface area contributed by atoms with Crippen LogP contribution in [0.25, 0.3) is 0 Å². The summed E-state index contributed by atoms with van der Waals surface area (Å²) >= 11 is 1.42. The van der Waals surface area contributed by atoms with Crippen molar-refractivity contribution in [3.8, 4) is 5.88 Å². The molecule has 0 spiro atoms. The fourth-order valence-corrected chi connectivity index (χ4v) is 3.20. The van der Waals surface area contributed by atoms with E-state index >= 15 is 0 Å². The fourth-order valence-electron chi connectivity index (χ4n) is 2.40. The van der Waals surface area contributed by atoms with Gasteiger partial charge in [-0.25, -0.2) is 14.8 Å². The van der Waals surface area contributed by atoms with E-state index in [2.05, 4.69) is 24.6 Å². The Labute approximate surface area is 144 Å². The molecule has 1 fully saturated rings. The number of piperazine rings is 1. The number of carbonyl (C=O) groups is 1. The Balaban J connectivity index is 1.52. The predicted molar refractivity (Wildman–Crippen MR) is 92.9 cm³/mol. The Morgan fingerprint density at radius 3 is 2.71 bits per heavy atom. The third kappa shape index (κ3) is 3.73. The number of aromatic nitrogens is 3. The van der Waals surface area contributed by atoms with Gasteiger partial charge in [0.25, 0.3) is 0 Å². The molecule has 9 heteroatoms. The monoisotopic (exact) mass is 348 g/mol. The summed E-state index contributed by atoms with van der Waals surface area (Å²) in [7, 11) is 1.56. The van der Waals surface area contributed by atoms with E-state index in [-0.39, 0.29) is 6.03 Å². The lowest BCUT2D eigenvalue weighted by molar-refractivity contribution is 0.208. The first kappa shape index (κ1) is 16.4. The van der Waals surface area contributed by atoms with Crippen LogP contribution in [0, 0.1) is 0 Å². The second kappa shape index (κ2) is 7.43. The molecule has 128 valence electrons. The van der Waals surface area contributed by atoms with Crippen molar-refractivity contribution in [1.29, 1.82) is 0 Å². The van der Waals surface area contributed by atoms with Crippen LogP contribution in [0.15, 0.2) is 18.3 Å². The minimum atomic E-state index is -0.117. The third-order valence-electron chi connectivity index (χ3n) is 3.81. The van der Waals surface area contributed by atoms with Crippen LogP contribution < -0.4 is 15.0 Å². The van der Waals surface area contributed by atoms with Gasteiger partial charge in [0.2, 0.25) is 11.0 Å². The maximum atomic E-state index is 12.3. The van der Waals surface area contributed by atoms with Crippen LogP contribution in [0.5, 0.6) is 5.88 Å². The molecule has 2 amide bonds. The summed E-state index contributed by atoms with van der Waals surface area (Å²) in [5.74, 6) is 1.40. The van der Waals surface area contributed by atoms with E-state index in [0.717, 1.165) is 30.5 Å². The number of ether oxygens (including phenoxy) is 1. The van der Waals surface area contributed by atoms with Gasteiger partial charge in [0.15, 0.2) is 0 Å². The number of methoxy groups -OCH3 is 1. The number of urea groups is 1. The van der Waals surface area contributed by atoms with Crippen molar-refractivity contribution in [3.63, 3.8) is 0 Å². The first-order chi connectivity index (χ1) is 11.7. The standard InChI is InChI=1S/C15H20N6O2S/c1-3-12-18-15(24-19-12)21-8-6-20(7-9-21)14(22)17-11-4-5-13(23-2)16-10-11/h4-5,10H,3,6-9H2,1-2H3,(H,17,22). The lowest BCUT2D eigenvalue weighted by atomic mass is 10.3. The average molecular weight is 348 g/mol. The first-order valence-corrected chi connectivity index (χ1v) is 8.60. The normalized spacial score (nSPS) is 14.6. The van der Waals surface area contributed by atoms with Crippen LogP contribution in [-0.4, -0.2) is 58.6 Å². The number of carbonyl (C=O) groups excluding carboxylic acids is 1. The summed E-state index contributed by atoms with van der Waals surface area (Å²) in [5.41, 5.74) is 0.653. The highest BCUT2D eigenvalue weighted by Gasteiger charge is 2.23. The van der Waals surface area contributed by atoms with Gasteiger partial charge in [0.05, 0.1) is 19.0 Å². The summed E-state index contributed by atoms with van der Waals surface area (Å²) in [4.78, 5) is 24.9. The highest BCUT2D eigenvalue weighted by atomic mass is 32.1. The number of amides is 2. The molecule has 2 aromatic heterocycles. The zero-order chi connectivity index (χ0) is 16.9. The minimum absolute atomic E-state index is 0.117. The molecule has 1 aliphatic heterocycles. The van der Waals surface area contributed by atoms with E-state index in [1.807, 2.05) is 6.92 Å². The van der Waals surface area contributed by atoms with Gasteiger partial charge in [-0.3, -0.25) is 0 Å². The van der Waals surface area contributed by atoms with Crippen LogP contribution in [0.1, 0.15) is 12.7 Å². The molecule has 1 aliphatic rings. The molecule has 0 saturated carbocycles. The second-order valence-electron chi connectivity index (χ2n) is 5.34. The molecule has 0 bridgehead atoms. The Morgan fingerprint density at radius 2 is 2.12 bits per heavy atom. The van der Waals surface area contributed by atoms with Crippen molar-refractivity contribution in [2.45, 2.75) is 13.3 Å². The van der Waals surface area contributed by atoms with E-state index < -0.39 is 0 Å². The van der Waals surface area contributed by atoms with E-state index in [0.29, 0.717) is 24.7 Å². The molecule has 0 aliphatic carbocycles. The molecule has 0 aromatic carbocycles. The Morgan fingerprint density at radius 1 is 1.33 bits per heavy atom. The lowest BCUT2D eigenvalue weighted by Crippen LogP contribution is -2.50. The molecule has 1 saturated heterocycles. The number of nitrogens with zero attached hydrogens (tertiary/aromatic N) is 5. The molecule has 3 rings (SSSR count). The van der Waals surface area contributed by atoms with Gasteiger partial charge < -0.3 is 19.9 Å². The third-order valence-corrected chi connectivity index (χ3v) is 4.62. The van der Waals surface area contributed by atoms with Crippen molar-refractivity contribution < 1.29 is 9.53 Å². The molecule has 2 aromatic rings. The lowest BCUT2D eigenvalue weighted by Gasteiger charge is -2.34. The van der Waals surface area contributed by atoms with Gasteiger partial charge in [0.1, 0.15) is 5.82 Å². The van der Waals surface area contributed by atoms with Crippen LogP contribution in [0.4, 0.5) is 15.6 Å². The topological polar surface area (TPSA) is 83.5 Å². The van der Waals surface area contributed by atoms with E-state index in [1.165, 1.54) is 11.5 Å². The van der Waals surface area contributed by atoms with Crippen molar-refractivity contribution in [2.75, 3.05) is 43.5 Å². The van der Waals surface area contributed by atoms with E-state index in [4.69, 9.17) is 4.74 Å². The molecule has 0 atom stereocenters. The number of aryl methyl sites for hydroxylation is 1. The highest BCUT2D eigenvalue weighted by molar-refractivity contribution is 7.09. The van der Waals surface area contributed by atoms with Gasteiger partial charge in [-0.2, -0.15) is 4.37 Å². The Hall–Kier alpha value is -2.42. The number of pyridine rings is 1. The molecule has 8 nitrogen and oxygen atoms in total. The van der Waals surface area contributed by atoms with E-state index in [1.54, 1.807) is 30.3 Å². The minimum Gasteiger partial charge on any atom is -0.481 e. The Kier molecular flexibility index (Phi) is 5.09. The molecule has 0 unspecified atom stereocenters. The van der Waals surface area contributed by atoms with Gasteiger partial charge in [-0.15, -0.1) is 0 Å². The number of hydrogen-bond donors (Lipinski definition) is 1. The summed E-state index contributed by atoms with van der Waals surface area (Å²) in [6.07, 6.45) is 2.43. The number of anilines is 2. The van der Waals surface area contributed by atoms with Crippen molar-refractivity contribution in [1.82, 2.24) is 19.2 Å². The molecule has 3 heterocycles. The van der Waals surface area contributed by atoms with Gasteiger partial charge in [-0.1, -0.05) is 6.92 Å². The van der Waals surface area contributed by atoms with Crippen LogP contribution >= 0.6 is 11.5 Å². The van der Waals surface area contributed by atoms with Crippen LogP contribution in [-0.2, 0) is 6.42 Å². The summed E-state index contributed by atoms with van der Waals surface area (Å²) < 4.78 is 9.32. The van der Waals surface area contributed by atoms with Crippen LogP contribution in [0.3, 0.4) is 0 Å². The number of rotatable bonds is 4. The SMILES string of the molecule is CCc1nsc(N2CCN(C(=O)Nc3ccc(OC)nc3)CC2)n1. The highest BCUT2D eigenvalue weighted by Crippen LogP contribution is 2.19.